The van der Waals surface area contributed by atoms with Gasteiger partial charge in [0.2, 0.25) is 0 Å². The number of rotatable bonds is 3. The first-order valence-electron chi connectivity index (χ1n) is 6.72. The molecule has 6 heteroatoms. The molecular weight excluding hydrogens is 252 g/mol. The van der Waals surface area contributed by atoms with Crippen molar-refractivity contribution in [3.63, 3.8) is 0 Å². The van der Waals surface area contributed by atoms with Gasteiger partial charge in [0.15, 0.2) is 0 Å². The van der Waals surface area contributed by atoms with Crippen molar-refractivity contribution in [3.8, 4) is 6.07 Å². The predicted octanol–water partition coefficient (Wildman–Crippen LogP) is 2.29. The zero-order chi connectivity index (χ0) is 13.8. The van der Waals surface area contributed by atoms with Gasteiger partial charge in [-0.05, 0) is 25.0 Å². The molecule has 2 aromatic rings. The molecular formula is C14H16N6. The molecule has 2 aromatic heterocycles. The lowest BCUT2D eigenvalue weighted by atomic mass is 10.00. The van der Waals surface area contributed by atoms with Gasteiger partial charge in [0.1, 0.15) is 23.8 Å². The lowest BCUT2D eigenvalue weighted by molar-refractivity contribution is 0.490. The summed E-state index contributed by atoms with van der Waals surface area (Å²) in [6.45, 7) is 1.69. The first kappa shape index (κ1) is 12.5. The number of nitrogens with zero attached hydrogens (tertiary/aromatic N) is 4. The molecule has 1 saturated heterocycles. The largest absolute Gasteiger partial charge is 0.355 e. The van der Waals surface area contributed by atoms with E-state index < -0.39 is 0 Å². The highest BCUT2D eigenvalue weighted by atomic mass is 15.2. The molecule has 1 fully saturated rings. The molecule has 0 bridgehead atoms. The van der Waals surface area contributed by atoms with Crippen LogP contribution < -0.4 is 10.2 Å². The highest BCUT2D eigenvalue weighted by Gasteiger charge is 2.20. The van der Waals surface area contributed by atoms with Crippen LogP contribution in [0.2, 0.25) is 0 Å². The molecule has 0 saturated carbocycles. The van der Waals surface area contributed by atoms with E-state index in [2.05, 4.69) is 31.2 Å². The van der Waals surface area contributed by atoms with Crippen LogP contribution >= 0.6 is 0 Å². The molecule has 3 rings (SSSR count). The van der Waals surface area contributed by atoms with Crippen LogP contribution in [0.4, 0.5) is 17.5 Å². The number of nitrogens with one attached hydrogen (secondary N) is 2. The van der Waals surface area contributed by atoms with E-state index in [1.54, 1.807) is 6.33 Å². The number of anilines is 3. The fourth-order valence-electron chi connectivity index (χ4n) is 2.43. The number of piperidine rings is 1. The number of H-pyrrole nitrogens is 1. The van der Waals surface area contributed by atoms with Crippen LogP contribution in [0.3, 0.4) is 0 Å². The summed E-state index contributed by atoms with van der Waals surface area (Å²) in [4.78, 5) is 13.8. The Labute approximate surface area is 117 Å². The van der Waals surface area contributed by atoms with E-state index in [4.69, 9.17) is 5.26 Å². The Hall–Kier alpha value is -2.55. The molecule has 1 aliphatic rings. The van der Waals surface area contributed by atoms with Crippen LogP contribution in [0.25, 0.3) is 0 Å². The summed E-state index contributed by atoms with van der Waals surface area (Å²) >= 11 is 0. The third-order valence-electron chi connectivity index (χ3n) is 3.44. The van der Waals surface area contributed by atoms with Crippen molar-refractivity contribution in [1.29, 1.82) is 5.26 Å². The van der Waals surface area contributed by atoms with Crippen LogP contribution in [-0.4, -0.2) is 28.0 Å². The molecule has 1 aliphatic heterocycles. The van der Waals surface area contributed by atoms with Gasteiger partial charge in [-0.25, -0.2) is 9.97 Å². The predicted molar refractivity (Wildman–Crippen MR) is 76.7 cm³/mol. The van der Waals surface area contributed by atoms with E-state index in [9.17, 15) is 0 Å². The SMILES string of the molecule is N#CC1CCCN(c2cc(Nc3ccc[nH]3)ncn2)C1. The van der Waals surface area contributed by atoms with Gasteiger partial charge >= 0.3 is 0 Å². The van der Waals surface area contributed by atoms with Gasteiger partial charge in [0, 0.05) is 25.4 Å². The molecule has 102 valence electrons. The maximum absolute atomic E-state index is 9.06. The van der Waals surface area contributed by atoms with Gasteiger partial charge in [-0.1, -0.05) is 0 Å². The topological polar surface area (TPSA) is 80.6 Å². The molecule has 20 heavy (non-hydrogen) atoms. The number of aromatic nitrogens is 3. The van der Waals surface area contributed by atoms with Crippen molar-refractivity contribution in [1.82, 2.24) is 15.0 Å². The van der Waals surface area contributed by atoms with Gasteiger partial charge in [0.05, 0.1) is 12.0 Å². The average Bonchev–Trinajstić information content (AvgIpc) is 3.00. The molecule has 2 N–H and O–H groups in total. The lowest BCUT2D eigenvalue weighted by Crippen LogP contribution is -2.35. The van der Waals surface area contributed by atoms with E-state index in [1.165, 1.54) is 0 Å². The molecule has 0 radical (unpaired) electrons. The molecule has 1 atom stereocenters. The Balaban J connectivity index is 1.75. The van der Waals surface area contributed by atoms with E-state index >= 15 is 0 Å². The van der Waals surface area contributed by atoms with E-state index in [0.717, 1.165) is 43.4 Å². The van der Waals surface area contributed by atoms with Gasteiger partial charge in [-0.15, -0.1) is 0 Å². The van der Waals surface area contributed by atoms with Gasteiger partial charge < -0.3 is 15.2 Å². The number of aromatic amines is 1. The minimum Gasteiger partial charge on any atom is -0.355 e. The Bertz CT molecular complexity index is 600. The molecule has 0 aliphatic carbocycles. The number of hydrogen-bond acceptors (Lipinski definition) is 5. The van der Waals surface area contributed by atoms with Crippen molar-refractivity contribution in [2.45, 2.75) is 12.8 Å². The summed E-state index contributed by atoms with van der Waals surface area (Å²) in [5.41, 5.74) is 0. The molecule has 0 amide bonds. The number of nitriles is 1. The molecule has 6 nitrogen and oxygen atoms in total. The lowest BCUT2D eigenvalue weighted by Gasteiger charge is -2.30. The highest BCUT2D eigenvalue weighted by Crippen LogP contribution is 2.23. The summed E-state index contributed by atoms with van der Waals surface area (Å²) in [5, 5.41) is 12.2. The van der Waals surface area contributed by atoms with E-state index in [0.29, 0.717) is 0 Å². The minimum atomic E-state index is 0.0959. The normalized spacial score (nSPS) is 18.6. The van der Waals surface area contributed by atoms with E-state index in [-0.39, 0.29) is 5.92 Å². The summed E-state index contributed by atoms with van der Waals surface area (Å²) in [5.74, 6) is 2.60. The van der Waals surface area contributed by atoms with Gasteiger partial charge in [0.25, 0.3) is 0 Å². The Kier molecular flexibility index (Phi) is 3.50. The summed E-state index contributed by atoms with van der Waals surface area (Å²) in [6, 6.07) is 8.13. The monoisotopic (exact) mass is 268 g/mol. The molecule has 3 heterocycles. The van der Waals surface area contributed by atoms with Crippen LogP contribution in [0, 0.1) is 17.2 Å². The zero-order valence-electron chi connectivity index (χ0n) is 11.1. The molecule has 0 spiro atoms. The van der Waals surface area contributed by atoms with Gasteiger partial charge in [-0.2, -0.15) is 5.26 Å². The quantitative estimate of drug-likeness (QED) is 0.892. The second-order valence-corrected chi connectivity index (χ2v) is 4.88. The molecule has 0 aromatic carbocycles. The second-order valence-electron chi connectivity index (χ2n) is 4.88. The van der Waals surface area contributed by atoms with Crippen LogP contribution in [-0.2, 0) is 0 Å². The Morgan fingerprint density at radius 3 is 3.20 bits per heavy atom. The smallest absolute Gasteiger partial charge is 0.136 e. The molecule has 1 unspecified atom stereocenters. The van der Waals surface area contributed by atoms with E-state index in [1.807, 2.05) is 24.4 Å². The standard InChI is InChI=1S/C14H16N6/c15-8-11-3-2-6-20(9-11)14-7-13(17-10-18-14)19-12-4-1-5-16-12/h1,4-5,7,10-11,16H,2-3,6,9H2,(H,17,18,19). The van der Waals surface area contributed by atoms with Crippen molar-refractivity contribution < 1.29 is 0 Å². The van der Waals surface area contributed by atoms with Crippen molar-refractivity contribution >= 4 is 17.5 Å². The third-order valence-corrected chi connectivity index (χ3v) is 3.44. The fraction of sp³-hybridized carbons (Fsp3) is 0.357. The summed E-state index contributed by atoms with van der Waals surface area (Å²) in [6.07, 6.45) is 5.41. The maximum atomic E-state index is 9.06. The average molecular weight is 268 g/mol. The van der Waals surface area contributed by atoms with Crippen LogP contribution in [0.1, 0.15) is 12.8 Å². The van der Waals surface area contributed by atoms with Crippen molar-refractivity contribution in [2.24, 2.45) is 5.92 Å². The van der Waals surface area contributed by atoms with Crippen molar-refractivity contribution in [3.05, 3.63) is 30.7 Å². The number of hydrogen-bond donors (Lipinski definition) is 2. The first-order valence-corrected chi connectivity index (χ1v) is 6.72. The minimum absolute atomic E-state index is 0.0959. The zero-order valence-corrected chi connectivity index (χ0v) is 11.1. The Morgan fingerprint density at radius 2 is 2.40 bits per heavy atom. The fourth-order valence-corrected chi connectivity index (χ4v) is 2.43. The Morgan fingerprint density at radius 1 is 1.45 bits per heavy atom. The van der Waals surface area contributed by atoms with Crippen LogP contribution in [0.5, 0.6) is 0 Å². The third kappa shape index (κ3) is 2.72. The van der Waals surface area contributed by atoms with Crippen LogP contribution in [0.15, 0.2) is 30.7 Å². The summed E-state index contributed by atoms with van der Waals surface area (Å²) in [7, 11) is 0. The first-order chi connectivity index (χ1) is 9.85. The highest BCUT2D eigenvalue weighted by molar-refractivity contribution is 5.56. The second kappa shape index (κ2) is 5.61. The van der Waals surface area contributed by atoms with Crippen molar-refractivity contribution in [2.75, 3.05) is 23.3 Å². The van der Waals surface area contributed by atoms with Gasteiger partial charge in [-0.3, -0.25) is 0 Å². The summed E-state index contributed by atoms with van der Waals surface area (Å²) < 4.78 is 0. The maximum Gasteiger partial charge on any atom is 0.136 e.